The molecule has 2 nitrogen and oxygen atoms in total. The minimum atomic E-state index is 0.0271. The summed E-state index contributed by atoms with van der Waals surface area (Å²) in [4.78, 5) is 0. The fraction of sp³-hybridized carbons (Fsp3) is 0.162. The molecule has 7 rings (SSSR count). The van der Waals surface area contributed by atoms with E-state index in [4.69, 9.17) is 0 Å². The van der Waals surface area contributed by atoms with E-state index in [1.807, 2.05) is 0 Å². The van der Waals surface area contributed by atoms with E-state index in [0.717, 1.165) is 0 Å². The average Bonchev–Trinajstić information content (AvgIpc) is 3.27. The van der Waals surface area contributed by atoms with Crippen molar-refractivity contribution in [3.8, 4) is 16.9 Å². The molecule has 39 heavy (non-hydrogen) atoms. The van der Waals surface area contributed by atoms with E-state index >= 15 is 0 Å². The fourth-order valence-corrected chi connectivity index (χ4v) is 6.41. The minimum absolute atomic E-state index is 0.0271. The first kappa shape index (κ1) is 23.7. The molecule has 2 heterocycles. The Morgan fingerprint density at radius 1 is 0.615 bits per heavy atom. The third kappa shape index (κ3) is 3.59. The molecule has 0 fully saturated rings. The Balaban J connectivity index is 1.57. The summed E-state index contributed by atoms with van der Waals surface area (Å²) in [6.07, 6.45) is 2.20. The van der Waals surface area contributed by atoms with Crippen molar-refractivity contribution in [2.75, 3.05) is 0 Å². The molecule has 0 aliphatic carbocycles. The molecule has 5 aromatic carbocycles. The smallest absolute Gasteiger partial charge is 0.220 e. The van der Waals surface area contributed by atoms with Gasteiger partial charge in [-0.3, -0.25) is 0 Å². The Morgan fingerprint density at radius 3 is 1.85 bits per heavy atom. The summed E-state index contributed by atoms with van der Waals surface area (Å²) in [5.74, 6) is 0. The van der Waals surface area contributed by atoms with E-state index < -0.39 is 0 Å². The van der Waals surface area contributed by atoms with Crippen LogP contribution < -0.4 is 4.57 Å². The normalized spacial score (nSPS) is 12.2. The molecule has 0 atom stereocenters. The Kier molecular flexibility index (Phi) is 5.18. The van der Waals surface area contributed by atoms with Crippen molar-refractivity contribution in [2.45, 2.75) is 33.1 Å². The van der Waals surface area contributed by atoms with E-state index in [1.54, 1.807) is 0 Å². The Morgan fingerprint density at radius 2 is 1.21 bits per heavy atom. The van der Waals surface area contributed by atoms with Crippen LogP contribution in [-0.2, 0) is 12.5 Å². The van der Waals surface area contributed by atoms with Gasteiger partial charge in [0.25, 0.3) is 0 Å². The second kappa shape index (κ2) is 8.54. The minimum Gasteiger partial charge on any atom is -0.309 e. The molecule has 0 N–H and O–H groups in total. The van der Waals surface area contributed by atoms with Gasteiger partial charge in [-0.05, 0) is 70.0 Å². The fourth-order valence-electron chi connectivity index (χ4n) is 6.41. The quantitative estimate of drug-likeness (QED) is 0.207. The molecule has 0 saturated carbocycles. The first-order valence-electron chi connectivity index (χ1n) is 13.8. The van der Waals surface area contributed by atoms with Crippen molar-refractivity contribution in [1.82, 2.24) is 4.57 Å². The van der Waals surface area contributed by atoms with Gasteiger partial charge < -0.3 is 4.57 Å². The Hall–Kier alpha value is -4.43. The van der Waals surface area contributed by atoms with Crippen molar-refractivity contribution >= 4 is 43.4 Å². The van der Waals surface area contributed by atoms with Crippen LogP contribution in [0.2, 0.25) is 0 Å². The van der Waals surface area contributed by atoms with Gasteiger partial charge >= 0.3 is 0 Å². The van der Waals surface area contributed by atoms with Crippen molar-refractivity contribution in [3.05, 3.63) is 120 Å². The maximum absolute atomic E-state index is 2.44. The number of para-hydroxylation sites is 2. The highest BCUT2D eigenvalue weighted by Crippen LogP contribution is 2.40. The number of hydrogen-bond acceptors (Lipinski definition) is 0. The lowest BCUT2D eigenvalue weighted by Gasteiger charge is -2.24. The summed E-state index contributed by atoms with van der Waals surface area (Å²) < 4.78 is 4.70. The molecule has 0 aliphatic heterocycles. The lowest BCUT2D eigenvalue weighted by Crippen LogP contribution is -2.31. The summed E-state index contributed by atoms with van der Waals surface area (Å²) in [5.41, 5.74) is 8.93. The molecule has 2 heteroatoms. The maximum Gasteiger partial charge on any atom is 0.220 e. The van der Waals surface area contributed by atoms with Crippen LogP contribution in [0.1, 0.15) is 31.9 Å². The van der Waals surface area contributed by atoms with Crippen LogP contribution in [0.4, 0.5) is 0 Å². The summed E-state index contributed by atoms with van der Waals surface area (Å²) in [5, 5.41) is 7.75. The third-order valence-corrected chi connectivity index (χ3v) is 8.34. The average molecular weight is 506 g/mol. The van der Waals surface area contributed by atoms with E-state index in [9.17, 15) is 0 Å². The second-order valence-corrected chi connectivity index (χ2v) is 11.8. The molecule has 2 aromatic heterocycles. The molecule has 0 spiro atoms. The second-order valence-electron chi connectivity index (χ2n) is 11.8. The van der Waals surface area contributed by atoms with Gasteiger partial charge in [-0.15, -0.1) is 0 Å². The predicted octanol–water partition coefficient (Wildman–Crippen LogP) is 9.19. The monoisotopic (exact) mass is 505 g/mol. The summed E-state index contributed by atoms with van der Waals surface area (Å²) >= 11 is 0. The molecule has 7 aromatic rings. The van der Waals surface area contributed by atoms with E-state index in [1.165, 1.54) is 71.4 Å². The zero-order valence-corrected chi connectivity index (χ0v) is 23.3. The van der Waals surface area contributed by atoms with Crippen LogP contribution >= 0.6 is 0 Å². The summed E-state index contributed by atoms with van der Waals surface area (Å²) in [6.45, 7) is 9.23. The van der Waals surface area contributed by atoms with Gasteiger partial charge in [-0.25, -0.2) is 4.57 Å². The molecule has 0 unspecified atom stereocenters. The zero-order valence-electron chi connectivity index (χ0n) is 23.3. The number of aryl methyl sites for hydroxylation is 2. The number of benzene rings is 5. The predicted molar refractivity (Wildman–Crippen MR) is 166 cm³/mol. The van der Waals surface area contributed by atoms with Gasteiger partial charge in [0.1, 0.15) is 7.05 Å². The van der Waals surface area contributed by atoms with E-state index in [-0.39, 0.29) is 5.41 Å². The van der Waals surface area contributed by atoms with Crippen LogP contribution in [0, 0.1) is 6.92 Å². The number of fused-ring (bicyclic) bond motifs is 5. The SMILES string of the molecule is Cc1c(-c2c3cc(-n4c5ccccc5c5ccccc54)ccc3cc[n+]2C)cc(C(C)(C)C)c2ccccc12. The molecule has 0 radical (unpaired) electrons. The highest BCUT2D eigenvalue weighted by molar-refractivity contribution is 6.09. The van der Waals surface area contributed by atoms with Crippen molar-refractivity contribution in [1.29, 1.82) is 0 Å². The van der Waals surface area contributed by atoms with Crippen LogP contribution in [0.25, 0.3) is 60.3 Å². The number of rotatable bonds is 2. The maximum atomic E-state index is 2.44. The van der Waals surface area contributed by atoms with Gasteiger partial charge in [0.2, 0.25) is 5.69 Å². The highest BCUT2D eigenvalue weighted by Gasteiger charge is 2.25. The Bertz CT molecular complexity index is 2020. The van der Waals surface area contributed by atoms with Crippen LogP contribution in [-0.4, -0.2) is 4.57 Å². The number of nitrogens with zero attached hydrogens (tertiary/aromatic N) is 2. The number of hydrogen-bond donors (Lipinski definition) is 0. The van der Waals surface area contributed by atoms with Crippen molar-refractivity contribution in [3.63, 3.8) is 0 Å². The standard InChI is InChI=1S/C37H33N2/c1-24-27-12-6-7-13-28(27)33(37(2,3)4)23-31(24)36-32-22-26(19-18-25(32)20-21-38(36)5)39-34-16-10-8-14-29(34)30-15-9-11-17-35(30)39/h6-23H,1-5H3/q+1. The van der Waals surface area contributed by atoms with E-state index in [0.29, 0.717) is 0 Å². The van der Waals surface area contributed by atoms with Crippen molar-refractivity contribution < 1.29 is 4.57 Å². The molecular formula is C37H33N2+. The van der Waals surface area contributed by atoms with Gasteiger partial charge in [0.05, 0.1) is 22.0 Å². The highest BCUT2D eigenvalue weighted by atomic mass is 15.0. The number of aromatic nitrogens is 2. The van der Waals surface area contributed by atoms with Gasteiger partial charge in [-0.1, -0.05) is 87.5 Å². The molecule has 0 saturated heterocycles. The van der Waals surface area contributed by atoms with E-state index in [2.05, 4.69) is 153 Å². The van der Waals surface area contributed by atoms with Crippen LogP contribution in [0.5, 0.6) is 0 Å². The lowest BCUT2D eigenvalue weighted by atomic mass is 9.80. The van der Waals surface area contributed by atoms with Crippen LogP contribution in [0.15, 0.2) is 109 Å². The third-order valence-electron chi connectivity index (χ3n) is 8.34. The number of pyridine rings is 1. The van der Waals surface area contributed by atoms with Gasteiger partial charge in [0, 0.05) is 22.5 Å². The summed E-state index contributed by atoms with van der Waals surface area (Å²) in [6, 6.07) is 37.9. The van der Waals surface area contributed by atoms with Gasteiger partial charge in [-0.2, -0.15) is 0 Å². The van der Waals surface area contributed by atoms with Crippen molar-refractivity contribution in [2.24, 2.45) is 7.05 Å². The molecule has 0 amide bonds. The largest absolute Gasteiger partial charge is 0.309 e. The Labute approximate surface area is 229 Å². The molecule has 190 valence electrons. The summed E-state index contributed by atoms with van der Waals surface area (Å²) in [7, 11) is 2.17. The first-order chi connectivity index (χ1) is 18.8. The molecule has 0 aliphatic rings. The molecule has 0 bridgehead atoms. The molecular weight excluding hydrogens is 472 g/mol. The van der Waals surface area contributed by atoms with Crippen LogP contribution in [0.3, 0.4) is 0 Å². The zero-order chi connectivity index (χ0) is 26.9. The first-order valence-corrected chi connectivity index (χ1v) is 13.8. The topological polar surface area (TPSA) is 8.81 Å². The lowest BCUT2D eigenvalue weighted by molar-refractivity contribution is -0.659. The van der Waals surface area contributed by atoms with Gasteiger partial charge in [0.15, 0.2) is 6.20 Å².